The number of carboxylic acid groups (broad SMARTS) is 1. The van der Waals surface area contributed by atoms with Crippen molar-refractivity contribution in [3.63, 3.8) is 0 Å². The van der Waals surface area contributed by atoms with Crippen molar-refractivity contribution in [3.05, 3.63) is 47.9 Å². The number of pyridine rings is 1. The van der Waals surface area contributed by atoms with Crippen LogP contribution in [0.4, 0.5) is 21.6 Å². The third kappa shape index (κ3) is 2.54. The third-order valence-electron chi connectivity index (χ3n) is 2.26. The molecule has 0 bridgehead atoms. The molecule has 1 aromatic carbocycles. The maximum Gasteiger partial charge on any atom is 0.338 e. The average molecular weight is 247 g/mol. The van der Waals surface area contributed by atoms with Crippen LogP contribution in [0.5, 0.6) is 0 Å². The molecule has 0 radical (unpaired) electrons. The number of benzene rings is 1. The Bertz CT molecular complexity index is 602. The van der Waals surface area contributed by atoms with Gasteiger partial charge in [-0.3, -0.25) is 0 Å². The number of nitrogen functional groups attached to an aromatic ring is 1. The highest BCUT2D eigenvalue weighted by Crippen LogP contribution is 2.22. The van der Waals surface area contributed by atoms with Crippen LogP contribution in [-0.2, 0) is 0 Å². The molecule has 0 saturated heterocycles. The van der Waals surface area contributed by atoms with Crippen LogP contribution < -0.4 is 11.1 Å². The van der Waals surface area contributed by atoms with Crippen LogP contribution >= 0.6 is 0 Å². The zero-order valence-electron chi connectivity index (χ0n) is 9.22. The first-order chi connectivity index (χ1) is 8.56. The summed E-state index contributed by atoms with van der Waals surface area (Å²) in [7, 11) is 0. The lowest BCUT2D eigenvalue weighted by Crippen LogP contribution is -2.05. The van der Waals surface area contributed by atoms with Gasteiger partial charge in [0, 0.05) is 5.69 Å². The fourth-order valence-corrected chi connectivity index (χ4v) is 1.47. The molecular weight excluding hydrogens is 237 g/mol. The average Bonchev–Trinajstić information content (AvgIpc) is 2.31. The normalized spacial score (nSPS) is 10.1. The molecule has 2 rings (SSSR count). The molecule has 0 aliphatic heterocycles. The molecule has 0 spiro atoms. The molecule has 92 valence electrons. The fraction of sp³-hybridized carbons (Fsp3) is 0. The van der Waals surface area contributed by atoms with Crippen LogP contribution in [0.3, 0.4) is 0 Å². The first-order valence-corrected chi connectivity index (χ1v) is 5.07. The van der Waals surface area contributed by atoms with Crippen molar-refractivity contribution in [2.75, 3.05) is 11.1 Å². The van der Waals surface area contributed by atoms with E-state index in [2.05, 4.69) is 10.3 Å². The summed E-state index contributed by atoms with van der Waals surface area (Å²) in [6.07, 6.45) is 1.30. The number of carboxylic acids is 1. The van der Waals surface area contributed by atoms with E-state index >= 15 is 0 Å². The number of hydrogen-bond donors (Lipinski definition) is 3. The number of aromatic nitrogens is 1. The summed E-state index contributed by atoms with van der Waals surface area (Å²) in [6.45, 7) is 0. The molecule has 4 N–H and O–H groups in total. The Morgan fingerprint density at radius 3 is 2.83 bits per heavy atom. The van der Waals surface area contributed by atoms with Gasteiger partial charge in [-0.1, -0.05) is 6.07 Å². The highest BCUT2D eigenvalue weighted by molar-refractivity contribution is 5.95. The number of anilines is 3. The minimum Gasteiger partial charge on any atom is -0.478 e. The molecule has 0 atom stereocenters. The Labute approximate surface area is 102 Å². The lowest BCUT2D eigenvalue weighted by Gasteiger charge is -2.09. The number of nitrogens with two attached hydrogens (primary N) is 1. The lowest BCUT2D eigenvalue weighted by atomic mass is 10.2. The van der Waals surface area contributed by atoms with Gasteiger partial charge in [-0.25, -0.2) is 14.2 Å². The highest BCUT2D eigenvalue weighted by Gasteiger charge is 2.11. The minimum absolute atomic E-state index is 0.0215. The zero-order valence-corrected chi connectivity index (χ0v) is 9.22. The Kier molecular flexibility index (Phi) is 3.09. The van der Waals surface area contributed by atoms with Gasteiger partial charge in [0.1, 0.15) is 11.6 Å². The largest absolute Gasteiger partial charge is 0.478 e. The zero-order chi connectivity index (χ0) is 13.1. The van der Waals surface area contributed by atoms with Crippen LogP contribution in [0.1, 0.15) is 10.4 Å². The molecule has 6 heteroatoms. The molecule has 0 aliphatic carbocycles. The fourth-order valence-electron chi connectivity index (χ4n) is 1.47. The Hall–Kier alpha value is -2.63. The summed E-state index contributed by atoms with van der Waals surface area (Å²) >= 11 is 0. The van der Waals surface area contributed by atoms with Crippen molar-refractivity contribution in [1.29, 1.82) is 0 Å². The second-order valence-corrected chi connectivity index (χ2v) is 3.60. The summed E-state index contributed by atoms with van der Waals surface area (Å²) in [6, 6.07) is 6.92. The van der Waals surface area contributed by atoms with Gasteiger partial charge in [-0.2, -0.15) is 0 Å². The van der Waals surface area contributed by atoms with Gasteiger partial charge < -0.3 is 16.2 Å². The van der Waals surface area contributed by atoms with Gasteiger partial charge >= 0.3 is 5.97 Å². The van der Waals surface area contributed by atoms with Crippen molar-refractivity contribution in [2.24, 2.45) is 0 Å². The number of nitrogens with one attached hydrogen (secondary N) is 1. The third-order valence-corrected chi connectivity index (χ3v) is 2.26. The van der Waals surface area contributed by atoms with Gasteiger partial charge in [0.15, 0.2) is 0 Å². The quantitative estimate of drug-likeness (QED) is 0.774. The molecular formula is C12H10FN3O2. The first kappa shape index (κ1) is 11.8. The maximum atomic E-state index is 13.0. The molecule has 0 saturated carbocycles. The molecule has 0 aliphatic rings. The van der Waals surface area contributed by atoms with Gasteiger partial charge in [0.2, 0.25) is 0 Å². The van der Waals surface area contributed by atoms with E-state index < -0.39 is 11.8 Å². The Morgan fingerprint density at radius 1 is 1.39 bits per heavy atom. The monoisotopic (exact) mass is 247 g/mol. The standard InChI is InChI=1S/C12H10FN3O2/c13-7-2-1-3-8(4-7)16-10-6-15-11(14)5-9(10)12(17)18/h1-6,16H,(H2,14,15)(H,17,18). The second-order valence-electron chi connectivity index (χ2n) is 3.60. The van der Waals surface area contributed by atoms with E-state index in [9.17, 15) is 9.18 Å². The van der Waals surface area contributed by atoms with Crippen LogP contribution in [0.25, 0.3) is 0 Å². The first-order valence-electron chi connectivity index (χ1n) is 5.07. The predicted molar refractivity (Wildman–Crippen MR) is 65.3 cm³/mol. The van der Waals surface area contributed by atoms with Crippen molar-refractivity contribution < 1.29 is 14.3 Å². The highest BCUT2D eigenvalue weighted by atomic mass is 19.1. The van der Waals surface area contributed by atoms with Gasteiger partial charge in [0.25, 0.3) is 0 Å². The predicted octanol–water partition coefficient (Wildman–Crippen LogP) is 2.24. The van der Waals surface area contributed by atoms with Gasteiger partial charge in [0.05, 0.1) is 17.4 Å². The smallest absolute Gasteiger partial charge is 0.338 e. The number of carbonyl (C=O) groups is 1. The summed E-state index contributed by atoms with van der Waals surface area (Å²) in [5.41, 5.74) is 6.09. The van der Waals surface area contributed by atoms with E-state index in [1.807, 2.05) is 0 Å². The minimum atomic E-state index is -1.14. The molecule has 18 heavy (non-hydrogen) atoms. The second kappa shape index (κ2) is 4.70. The van der Waals surface area contributed by atoms with E-state index in [0.29, 0.717) is 5.69 Å². The van der Waals surface area contributed by atoms with Crippen molar-refractivity contribution in [1.82, 2.24) is 4.98 Å². The summed E-state index contributed by atoms with van der Waals surface area (Å²) in [5.74, 6) is -1.44. The van der Waals surface area contributed by atoms with E-state index in [4.69, 9.17) is 10.8 Å². The maximum absolute atomic E-state index is 13.0. The Morgan fingerprint density at radius 2 is 2.17 bits per heavy atom. The molecule has 1 heterocycles. The number of rotatable bonds is 3. The van der Waals surface area contributed by atoms with Crippen LogP contribution in [0, 0.1) is 5.82 Å². The topological polar surface area (TPSA) is 88.2 Å². The van der Waals surface area contributed by atoms with E-state index in [1.54, 1.807) is 6.07 Å². The number of hydrogen-bond acceptors (Lipinski definition) is 4. The van der Waals surface area contributed by atoms with Gasteiger partial charge in [-0.15, -0.1) is 0 Å². The van der Waals surface area contributed by atoms with E-state index in [0.717, 1.165) is 0 Å². The summed E-state index contributed by atoms with van der Waals surface area (Å²) in [5, 5.41) is 11.8. The van der Waals surface area contributed by atoms with Gasteiger partial charge in [-0.05, 0) is 24.3 Å². The molecule has 0 unspecified atom stereocenters. The van der Waals surface area contributed by atoms with Crippen molar-refractivity contribution in [2.45, 2.75) is 0 Å². The molecule has 2 aromatic rings. The molecule has 0 fully saturated rings. The molecule has 5 nitrogen and oxygen atoms in total. The van der Waals surface area contributed by atoms with E-state index in [1.165, 1.54) is 30.5 Å². The summed E-state index contributed by atoms with van der Waals surface area (Å²) in [4.78, 5) is 14.8. The number of halogens is 1. The number of nitrogens with zero attached hydrogens (tertiary/aromatic N) is 1. The van der Waals surface area contributed by atoms with Crippen LogP contribution in [0.2, 0.25) is 0 Å². The lowest BCUT2D eigenvalue weighted by molar-refractivity contribution is 0.0698. The SMILES string of the molecule is Nc1cc(C(=O)O)c(Nc2cccc(F)c2)cn1. The number of aromatic carboxylic acids is 1. The Balaban J connectivity index is 2.37. The van der Waals surface area contributed by atoms with Crippen molar-refractivity contribution in [3.8, 4) is 0 Å². The molecule has 0 amide bonds. The van der Waals surface area contributed by atoms with Crippen LogP contribution in [0.15, 0.2) is 36.5 Å². The van der Waals surface area contributed by atoms with Crippen molar-refractivity contribution >= 4 is 23.2 Å². The summed E-state index contributed by atoms with van der Waals surface area (Å²) < 4.78 is 13.0. The van der Waals surface area contributed by atoms with Crippen LogP contribution in [-0.4, -0.2) is 16.1 Å². The molecule has 1 aromatic heterocycles. The van der Waals surface area contributed by atoms with E-state index in [-0.39, 0.29) is 17.1 Å².